The Morgan fingerprint density at radius 3 is 2.64 bits per heavy atom. The first-order valence-corrected chi connectivity index (χ1v) is 6.93. The minimum atomic E-state index is -0.419. The van der Waals surface area contributed by atoms with Gasteiger partial charge in [0.15, 0.2) is 5.82 Å². The lowest BCUT2D eigenvalue weighted by molar-refractivity contribution is 0.0600. The molecule has 1 amide bonds. The highest BCUT2D eigenvalue weighted by atomic mass is 16.5. The van der Waals surface area contributed by atoms with Crippen LogP contribution in [0.1, 0.15) is 38.9 Å². The number of carbonyl (C=O) groups is 2. The van der Waals surface area contributed by atoms with Gasteiger partial charge in [-0.3, -0.25) is 4.79 Å². The number of esters is 1. The first-order valence-electron chi connectivity index (χ1n) is 6.93. The van der Waals surface area contributed by atoms with Crippen LogP contribution < -0.4 is 0 Å². The number of nitrogens with zero attached hydrogens (tertiary/aromatic N) is 3. The molecule has 22 heavy (non-hydrogen) atoms. The molecule has 0 saturated carbocycles. The maximum atomic E-state index is 12.5. The van der Waals surface area contributed by atoms with Crippen LogP contribution in [-0.2, 0) is 4.74 Å². The molecule has 2 heterocycles. The van der Waals surface area contributed by atoms with Crippen LogP contribution in [0.2, 0.25) is 0 Å². The van der Waals surface area contributed by atoms with Gasteiger partial charge in [0, 0.05) is 24.6 Å². The fourth-order valence-corrected chi connectivity index (χ4v) is 2.56. The second-order valence-electron chi connectivity index (χ2n) is 5.10. The molecule has 0 unspecified atom stereocenters. The van der Waals surface area contributed by atoms with Crippen LogP contribution in [0.3, 0.4) is 0 Å². The summed E-state index contributed by atoms with van der Waals surface area (Å²) in [6, 6.07) is 6.45. The average Bonchev–Trinajstić information content (AvgIpc) is 3.24. The molecule has 1 aromatic carbocycles. The van der Waals surface area contributed by atoms with E-state index >= 15 is 0 Å². The molecule has 114 valence electrons. The van der Waals surface area contributed by atoms with Gasteiger partial charge in [0.2, 0.25) is 6.39 Å². The summed E-state index contributed by atoms with van der Waals surface area (Å²) in [7, 11) is 1.32. The monoisotopic (exact) mass is 301 g/mol. The van der Waals surface area contributed by atoms with Crippen molar-refractivity contribution in [2.24, 2.45) is 0 Å². The van der Waals surface area contributed by atoms with Crippen molar-refractivity contribution in [3.05, 3.63) is 47.6 Å². The molecule has 3 rings (SSSR count). The van der Waals surface area contributed by atoms with Crippen molar-refractivity contribution < 1.29 is 18.8 Å². The molecule has 0 aliphatic carbocycles. The summed E-state index contributed by atoms with van der Waals surface area (Å²) < 4.78 is 9.38. The molecule has 0 spiro atoms. The Hall–Kier alpha value is -2.70. The van der Waals surface area contributed by atoms with Crippen LogP contribution in [0.15, 0.2) is 35.2 Å². The Bertz CT molecular complexity index is 667. The third kappa shape index (κ3) is 2.69. The smallest absolute Gasteiger partial charge is 0.337 e. The zero-order valence-corrected chi connectivity index (χ0v) is 12.1. The number of carbonyl (C=O) groups excluding carboxylic acids is 2. The normalized spacial score (nSPS) is 17.5. The summed E-state index contributed by atoms with van der Waals surface area (Å²) >= 11 is 0. The van der Waals surface area contributed by atoms with Gasteiger partial charge in [-0.25, -0.2) is 4.79 Å². The molecule has 0 bridgehead atoms. The Morgan fingerprint density at radius 1 is 1.27 bits per heavy atom. The van der Waals surface area contributed by atoms with Crippen molar-refractivity contribution in [3.8, 4) is 0 Å². The number of likely N-dealkylation sites (tertiary alicyclic amines) is 1. The molecule has 0 radical (unpaired) electrons. The predicted octanol–water partition coefficient (Wildman–Crippen LogP) is 1.49. The molecule has 2 aromatic rings. The van der Waals surface area contributed by atoms with Gasteiger partial charge in [-0.05, 0) is 30.7 Å². The van der Waals surface area contributed by atoms with Crippen LogP contribution in [-0.4, -0.2) is 47.1 Å². The van der Waals surface area contributed by atoms with Crippen molar-refractivity contribution in [3.63, 3.8) is 0 Å². The summed E-state index contributed by atoms with van der Waals surface area (Å²) in [6.45, 7) is 1.22. The van der Waals surface area contributed by atoms with Crippen LogP contribution >= 0.6 is 0 Å². The Morgan fingerprint density at radius 2 is 2.00 bits per heavy atom. The second kappa shape index (κ2) is 5.97. The highest BCUT2D eigenvalue weighted by Crippen LogP contribution is 2.25. The first-order chi connectivity index (χ1) is 10.7. The molecular formula is C15H15N3O4. The molecule has 0 N–H and O–H groups in total. The standard InChI is InChI=1S/C15H15N3O4/c1-21-15(20)11-4-2-10(3-5-11)14(19)18-7-6-12(8-18)13-16-9-22-17-13/h2-5,9,12H,6-8H2,1H3/t12-/m1/s1. The third-order valence-corrected chi connectivity index (χ3v) is 3.77. The summed E-state index contributed by atoms with van der Waals surface area (Å²) in [5.41, 5.74) is 0.964. The van der Waals surface area contributed by atoms with E-state index in [0.29, 0.717) is 30.0 Å². The van der Waals surface area contributed by atoms with E-state index in [0.717, 1.165) is 6.42 Å². The Labute approximate surface area is 126 Å². The maximum absolute atomic E-state index is 12.5. The van der Waals surface area contributed by atoms with E-state index in [9.17, 15) is 9.59 Å². The van der Waals surface area contributed by atoms with Gasteiger partial charge >= 0.3 is 5.97 Å². The molecule has 1 atom stereocenters. The van der Waals surface area contributed by atoms with Crippen molar-refractivity contribution >= 4 is 11.9 Å². The van der Waals surface area contributed by atoms with E-state index in [1.807, 2.05) is 0 Å². The molecule has 7 nitrogen and oxygen atoms in total. The molecule has 1 aliphatic heterocycles. The fraction of sp³-hybridized carbons (Fsp3) is 0.333. The van der Waals surface area contributed by atoms with Crippen LogP contribution in [0.4, 0.5) is 0 Å². The van der Waals surface area contributed by atoms with Gasteiger partial charge in [0.25, 0.3) is 5.91 Å². The lowest BCUT2D eigenvalue weighted by Crippen LogP contribution is -2.28. The predicted molar refractivity (Wildman–Crippen MR) is 75.3 cm³/mol. The third-order valence-electron chi connectivity index (χ3n) is 3.77. The molecule has 1 saturated heterocycles. The van der Waals surface area contributed by atoms with Crippen LogP contribution in [0.5, 0.6) is 0 Å². The number of ether oxygens (including phenoxy) is 1. The number of rotatable bonds is 3. The minimum absolute atomic E-state index is 0.0672. The lowest BCUT2D eigenvalue weighted by atomic mass is 10.1. The van der Waals surface area contributed by atoms with Gasteiger partial charge in [-0.2, -0.15) is 4.98 Å². The van der Waals surface area contributed by atoms with Crippen molar-refractivity contribution in [1.29, 1.82) is 0 Å². The molecule has 1 aliphatic rings. The topological polar surface area (TPSA) is 85.5 Å². The highest BCUT2D eigenvalue weighted by Gasteiger charge is 2.30. The van der Waals surface area contributed by atoms with E-state index in [-0.39, 0.29) is 11.8 Å². The summed E-state index contributed by atoms with van der Waals surface area (Å²) in [5, 5.41) is 3.83. The van der Waals surface area contributed by atoms with Gasteiger partial charge in [-0.15, -0.1) is 0 Å². The number of aromatic nitrogens is 2. The number of hydrogen-bond acceptors (Lipinski definition) is 6. The van der Waals surface area contributed by atoms with E-state index in [2.05, 4.69) is 14.9 Å². The Balaban J connectivity index is 1.68. The van der Waals surface area contributed by atoms with Crippen LogP contribution in [0.25, 0.3) is 0 Å². The van der Waals surface area contributed by atoms with Crippen molar-refractivity contribution in [1.82, 2.24) is 15.0 Å². The van der Waals surface area contributed by atoms with Crippen molar-refractivity contribution in [2.75, 3.05) is 20.2 Å². The maximum Gasteiger partial charge on any atom is 0.337 e. The van der Waals surface area contributed by atoms with E-state index < -0.39 is 5.97 Å². The zero-order chi connectivity index (χ0) is 15.5. The average molecular weight is 301 g/mol. The van der Waals surface area contributed by atoms with Crippen LogP contribution in [0, 0.1) is 0 Å². The minimum Gasteiger partial charge on any atom is -0.465 e. The molecular weight excluding hydrogens is 286 g/mol. The SMILES string of the molecule is COC(=O)c1ccc(C(=O)N2CC[C@@H](c3ncon3)C2)cc1. The number of hydrogen-bond donors (Lipinski definition) is 0. The summed E-state index contributed by atoms with van der Waals surface area (Å²) in [5.74, 6) is 0.258. The Kier molecular flexibility index (Phi) is 3.86. The fourth-order valence-electron chi connectivity index (χ4n) is 2.56. The van der Waals surface area contributed by atoms with Gasteiger partial charge in [0.05, 0.1) is 12.7 Å². The molecule has 1 fully saturated rings. The quantitative estimate of drug-likeness (QED) is 0.798. The first kappa shape index (κ1) is 14.2. The molecule has 7 heteroatoms. The number of methoxy groups -OCH3 is 1. The largest absolute Gasteiger partial charge is 0.465 e. The van der Waals surface area contributed by atoms with Gasteiger partial charge in [0.1, 0.15) is 0 Å². The number of benzene rings is 1. The van der Waals surface area contributed by atoms with E-state index in [1.54, 1.807) is 29.2 Å². The van der Waals surface area contributed by atoms with E-state index in [1.165, 1.54) is 13.5 Å². The lowest BCUT2D eigenvalue weighted by Gasteiger charge is -2.16. The summed E-state index contributed by atoms with van der Waals surface area (Å²) in [4.78, 5) is 29.6. The summed E-state index contributed by atoms with van der Waals surface area (Å²) in [6.07, 6.45) is 2.11. The van der Waals surface area contributed by atoms with Crippen molar-refractivity contribution in [2.45, 2.75) is 12.3 Å². The number of amides is 1. The second-order valence-corrected chi connectivity index (χ2v) is 5.10. The van der Waals surface area contributed by atoms with Gasteiger partial charge in [-0.1, -0.05) is 5.16 Å². The van der Waals surface area contributed by atoms with E-state index in [4.69, 9.17) is 4.52 Å². The zero-order valence-electron chi connectivity index (χ0n) is 12.1. The highest BCUT2D eigenvalue weighted by molar-refractivity contribution is 5.96. The van der Waals surface area contributed by atoms with Gasteiger partial charge < -0.3 is 14.2 Å². The molecule has 1 aromatic heterocycles.